The Hall–Kier alpha value is -3.34. The molecular weight excluding hydrogens is 316 g/mol. The van der Waals surface area contributed by atoms with Crippen LogP contribution < -0.4 is 10.6 Å². The standard InChI is InChI=1S/C20H18N2O3/c1-13-8-9-17(11-14(13)2)21-19(23)15-5-3-6-16(12-15)22-20(24)18-7-4-10-25-18/h3-12H,1-2H3,(H,21,23)(H,22,24). The van der Waals surface area contributed by atoms with Crippen molar-refractivity contribution in [3.8, 4) is 0 Å². The number of nitrogens with one attached hydrogen (secondary N) is 2. The number of carbonyl (C=O) groups excluding carboxylic acids is 2. The van der Waals surface area contributed by atoms with Gasteiger partial charge in [0.25, 0.3) is 11.8 Å². The highest BCUT2D eigenvalue weighted by Crippen LogP contribution is 2.17. The monoisotopic (exact) mass is 334 g/mol. The summed E-state index contributed by atoms with van der Waals surface area (Å²) < 4.78 is 5.05. The minimum atomic E-state index is -0.364. The number of aryl methyl sites for hydroxylation is 2. The van der Waals surface area contributed by atoms with Crippen LogP contribution in [0.25, 0.3) is 0 Å². The summed E-state index contributed by atoms with van der Waals surface area (Å²) in [5.74, 6) is -0.390. The van der Waals surface area contributed by atoms with Crippen molar-refractivity contribution in [2.24, 2.45) is 0 Å². The van der Waals surface area contributed by atoms with Crippen molar-refractivity contribution in [3.05, 3.63) is 83.3 Å². The molecule has 0 unspecified atom stereocenters. The highest BCUT2D eigenvalue weighted by Gasteiger charge is 2.11. The Morgan fingerprint density at radius 2 is 1.56 bits per heavy atom. The second-order valence-electron chi connectivity index (χ2n) is 5.77. The Morgan fingerprint density at radius 3 is 2.28 bits per heavy atom. The van der Waals surface area contributed by atoms with Gasteiger partial charge in [-0.1, -0.05) is 12.1 Å². The summed E-state index contributed by atoms with van der Waals surface area (Å²) in [4.78, 5) is 24.4. The van der Waals surface area contributed by atoms with Crippen molar-refractivity contribution >= 4 is 23.2 Å². The van der Waals surface area contributed by atoms with Gasteiger partial charge in [-0.2, -0.15) is 0 Å². The van der Waals surface area contributed by atoms with Crippen LogP contribution in [0.1, 0.15) is 32.0 Å². The lowest BCUT2D eigenvalue weighted by molar-refractivity contribution is 0.0993. The average molecular weight is 334 g/mol. The van der Waals surface area contributed by atoms with E-state index in [0.29, 0.717) is 11.3 Å². The molecule has 0 aliphatic rings. The maximum absolute atomic E-state index is 12.4. The van der Waals surface area contributed by atoms with Crippen LogP contribution in [0.2, 0.25) is 0 Å². The van der Waals surface area contributed by atoms with Crippen LogP contribution in [0.5, 0.6) is 0 Å². The zero-order valence-electron chi connectivity index (χ0n) is 14.0. The lowest BCUT2D eigenvalue weighted by Crippen LogP contribution is -2.14. The van der Waals surface area contributed by atoms with E-state index in [1.807, 2.05) is 32.0 Å². The van der Waals surface area contributed by atoms with Crippen molar-refractivity contribution in [3.63, 3.8) is 0 Å². The molecule has 0 radical (unpaired) electrons. The molecule has 3 aromatic rings. The molecule has 1 heterocycles. The fourth-order valence-electron chi connectivity index (χ4n) is 2.36. The summed E-state index contributed by atoms with van der Waals surface area (Å²) >= 11 is 0. The number of furan rings is 1. The molecule has 0 bridgehead atoms. The Morgan fingerprint density at radius 1 is 0.800 bits per heavy atom. The van der Waals surface area contributed by atoms with Gasteiger partial charge in [0, 0.05) is 16.9 Å². The van der Waals surface area contributed by atoms with Gasteiger partial charge < -0.3 is 15.1 Å². The van der Waals surface area contributed by atoms with Gasteiger partial charge in [0.15, 0.2) is 5.76 Å². The second-order valence-corrected chi connectivity index (χ2v) is 5.77. The Labute approximate surface area is 145 Å². The molecule has 5 nitrogen and oxygen atoms in total. The first-order chi connectivity index (χ1) is 12.0. The Balaban J connectivity index is 1.73. The molecule has 3 rings (SSSR count). The third-order valence-corrected chi connectivity index (χ3v) is 3.89. The maximum atomic E-state index is 12.4. The summed E-state index contributed by atoms with van der Waals surface area (Å²) in [6.07, 6.45) is 1.43. The van der Waals surface area contributed by atoms with Gasteiger partial charge in [-0.3, -0.25) is 9.59 Å². The minimum absolute atomic E-state index is 0.213. The molecule has 5 heteroatoms. The third kappa shape index (κ3) is 3.95. The van der Waals surface area contributed by atoms with Gasteiger partial charge in [-0.25, -0.2) is 0 Å². The lowest BCUT2D eigenvalue weighted by atomic mass is 10.1. The quantitative estimate of drug-likeness (QED) is 0.743. The number of benzene rings is 2. The normalized spacial score (nSPS) is 10.3. The number of rotatable bonds is 4. The van der Waals surface area contributed by atoms with Crippen LogP contribution in [-0.4, -0.2) is 11.8 Å². The van der Waals surface area contributed by atoms with E-state index in [0.717, 1.165) is 11.3 Å². The molecule has 1 aromatic heterocycles. The largest absolute Gasteiger partial charge is 0.459 e. The predicted molar refractivity (Wildman–Crippen MR) is 97.0 cm³/mol. The maximum Gasteiger partial charge on any atom is 0.291 e. The van der Waals surface area contributed by atoms with Crippen LogP contribution in [0.4, 0.5) is 11.4 Å². The van der Waals surface area contributed by atoms with Crippen LogP contribution in [0.3, 0.4) is 0 Å². The van der Waals surface area contributed by atoms with E-state index in [9.17, 15) is 9.59 Å². The van der Waals surface area contributed by atoms with Crippen molar-refractivity contribution in [2.45, 2.75) is 13.8 Å². The lowest BCUT2D eigenvalue weighted by Gasteiger charge is -2.09. The average Bonchev–Trinajstić information content (AvgIpc) is 3.13. The van der Waals surface area contributed by atoms with Gasteiger partial charge >= 0.3 is 0 Å². The van der Waals surface area contributed by atoms with Crippen molar-refractivity contribution in [1.82, 2.24) is 0 Å². The molecule has 0 saturated carbocycles. The molecule has 0 saturated heterocycles. The molecule has 2 aromatic carbocycles. The highest BCUT2D eigenvalue weighted by atomic mass is 16.3. The molecule has 2 amide bonds. The van der Waals surface area contributed by atoms with E-state index in [1.54, 1.807) is 36.4 Å². The van der Waals surface area contributed by atoms with Crippen LogP contribution in [0, 0.1) is 13.8 Å². The number of carbonyl (C=O) groups is 2. The molecule has 0 aliphatic heterocycles. The topological polar surface area (TPSA) is 71.3 Å². The van der Waals surface area contributed by atoms with E-state index in [-0.39, 0.29) is 17.6 Å². The van der Waals surface area contributed by atoms with Crippen LogP contribution in [-0.2, 0) is 0 Å². The molecule has 25 heavy (non-hydrogen) atoms. The Kier molecular flexibility index (Phi) is 4.66. The van der Waals surface area contributed by atoms with Crippen molar-refractivity contribution in [1.29, 1.82) is 0 Å². The molecule has 0 atom stereocenters. The zero-order valence-corrected chi connectivity index (χ0v) is 14.0. The van der Waals surface area contributed by atoms with Crippen LogP contribution in [0.15, 0.2) is 65.3 Å². The first kappa shape index (κ1) is 16.5. The summed E-state index contributed by atoms with van der Waals surface area (Å²) in [6, 6.07) is 15.7. The van der Waals surface area contributed by atoms with E-state index < -0.39 is 0 Å². The first-order valence-electron chi connectivity index (χ1n) is 7.86. The van der Waals surface area contributed by atoms with Gasteiger partial charge in [0.05, 0.1) is 6.26 Å². The highest BCUT2D eigenvalue weighted by molar-refractivity contribution is 6.06. The van der Waals surface area contributed by atoms with Gasteiger partial charge in [-0.15, -0.1) is 0 Å². The molecule has 0 aliphatic carbocycles. The number of anilines is 2. The minimum Gasteiger partial charge on any atom is -0.459 e. The van der Waals surface area contributed by atoms with Gasteiger partial charge in [-0.05, 0) is 67.4 Å². The summed E-state index contributed by atoms with van der Waals surface area (Å²) in [6.45, 7) is 4.02. The summed E-state index contributed by atoms with van der Waals surface area (Å²) in [5, 5.41) is 5.57. The van der Waals surface area contributed by atoms with Gasteiger partial charge in [0.1, 0.15) is 0 Å². The zero-order chi connectivity index (χ0) is 17.8. The number of hydrogen-bond donors (Lipinski definition) is 2. The molecule has 0 spiro atoms. The fourth-order valence-corrected chi connectivity index (χ4v) is 2.36. The number of amides is 2. The molecule has 126 valence electrons. The number of hydrogen-bond acceptors (Lipinski definition) is 3. The Bertz CT molecular complexity index is 914. The van der Waals surface area contributed by atoms with E-state index in [1.165, 1.54) is 11.8 Å². The summed E-state index contributed by atoms with van der Waals surface area (Å²) in [7, 11) is 0. The van der Waals surface area contributed by atoms with Crippen molar-refractivity contribution in [2.75, 3.05) is 10.6 Å². The smallest absolute Gasteiger partial charge is 0.291 e. The molecule has 2 N–H and O–H groups in total. The molecule has 0 fully saturated rings. The summed E-state index contributed by atoms with van der Waals surface area (Å²) in [5.41, 5.74) is 3.99. The molecular formula is C20H18N2O3. The van der Waals surface area contributed by atoms with Crippen LogP contribution >= 0.6 is 0 Å². The SMILES string of the molecule is Cc1ccc(NC(=O)c2cccc(NC(=O)c3ccco3)c2)cc1C. The van der Waals surface area contributed by atoms with Gasteiger partial charge in [0.2, 0.25) is 0 Å². The second kappa shape index (κ2) is 7.05. The van der Waals surface area contributed by atoms with E-state index in [2.05, 4.69) is 10.6 Å². The fraction of sp³-hybridized carbons (Fsp3) is 0.100. The van der Waals surface area contributed by atoms with E-state index in [4.69, 9.17) is 4.42 Å². The van der Waals surface area contributed by atoms with Crippen molar-refractivity contribution < 1.29 is 14.0 Å². The third-order valence-electron chi connectivity index (χ3n) is 3.89. The predicted octanol–water partition coefficient (Wildman–Crippen LogP) is 4.40. The first-order valence-corrected chi connectivity index (χ1v) is 7.86. The van der Waals surface area contributed by atoms with E-state index >= 15 is 0 Å².